The van der Waals surface area contributed by atoms with Gasteiger partial charge in [-0.15, -0.1) is 22.7 Å². The first-order valence-corrected chi connectivity index (χ1v) is 7.62. The summed E-state index contributed by atoms with van der Waals surface area (Å²) in [7, 11) is 1.79. The molecular formula is C12H14N2OS3. The molecule has 1 atom stereocenters. The average Bonchev–Trinajstić information content (AvgIpc) is 2.85. The zero-order chi connectivity index (χ0) is 13.3. The highest BCUT2D eigenvalue weighted by atomic mass is 32.1. The molecule has 1 unspecified atom stereocenters. The Kier molecular flexibility index (Phi) is 3.99. The molecule has 0 fully saturated rings. The Labute approximate surface area is 119 Å². The Bertz CT molecular complexity index is 558. The smallest absolute Gasteiger partial charge is 0.263 e. The van der Waals surface area contributed by atoms with Gasteiger partial charge in [0.25, 0.3) is 5.91 Å². The quantitative estimate of drug-likeness (QED) is 0.882. The zero-order valence-corrected chi connectivity index (χ0v) is 12.6. The van der Waals surface area contributed by atoms with Crippen LogP contribution in [-0.2, 0) is 0 Å². The third kappa shape index (κ3) is 2.71. The van der Waals surface area contributed by atoms with Crippen LogP contribution in [-0.4, -0.2) is 28.9 Å². The van der Waals surface area contributed by atoms with Crippen LogP contribution in [0.1, 0.15) is 23.0 Å². The van der Waals surface area contributed by atoms with Gasteiger partial charge in [-0.2, -0.15) is 0 Å². The average molecular weight is 298 g/mol. The van der Waals surface area contributed by atoms with E-state index in [4.69, 9.17) is 18.0 Å². The number of thiophene rings is 2. The molecule has 3 nitrogen and oxygen atoms in total. The zero-order valence-electron chi connectivity index (χ0n) is 10.2. The molecule has 2 aromatic rings. The third-order valence-corrected chi connectivity index (χ3v) is 5.08. The molecule has 18 heavy (non-hydrogen) atoms. The van der Waals surface area contributed by atoms with Crippen LogP contribution in [0.15, 0.2) is 17.5 Å². The van der Waals surface area contributed by atoms with E-state index in [1.54, 1.807) is 23.3 Å². The van der Waals surface area contributed by atoms with Crippen molar-refractivity contribution in [3.63, 3.8) is 0 Å². The molecule has 2 rings (SSSR count). The lowest BCUT2D eigenvalue weighted by Gasteiger charge is -2.23. The van der Waals surface area contributed by atoms with E-state index in [2.05, 4.69) is 0 Å². The number of hydrogen-bond acceptors (Lipinski definition) is 4. The van der Waals surface area contributed by atoms with E-state index in [9.17, 15) is 4.79 Å². The second kappa shape index (κ2) is 5.34. The molecule has 0 spiro atoms. The van der Waals surface area contributed by atoms with E-state index < -0.39 is 0 Å². The fourth-order valence-electron chi connectivity index (χ4n) is 1.67. The van der Waals surface area contributed by atoms with Crippen molar-refractivity contribution in [2.45, 2.75) is 19.4 Å². The Morgan fingerprint density at radius 2 is 2.28 bits per heavy atom. The predicted octanol–water partition coefficient (Wildman–Crippen LogP) is 3.10. The van der Waals surface area contributed by atoms with Crippen LogP contribution in [0, 0.1) is 0 Å². The summed E-state index contributed by atoms with van der Waals surface area (Å²) >= 11 is 8.06. The van der Waals surface area contributed by atoms with E-state index in [0.29, 0.717) is 11.4 Å². The standard InChI is InChI=1S/C12H14N2OS3/c1-7(5-11(13)16)14(2)12(15)10-6-9-8(18-10)3-4-17-9/h3-4,6-7H,5H2,1-2H3,(H2,13,16). The van der Waals surface area contributed by atoms with Gasteiger partial charge in [-0.1, -0.05) is 12.2 Å². The lowest BCUT2D eigenvalue weighted by molar-refractivity contribution is 0.0753. The first kappa shape index (κ1) is 13.5. The summed E-state index contributed by atoms with van der Waals surface area (Å²) in [5.41, 5.74) is 5.51. The molecule has 0 aliphatic carbocycles. The Balaban J connectivity index is 2.15. The molecular weight excluding hydrogens is 284 g/mol. The van der Waals surface area contributed by atoms with Gasteiger partial charge in [0, 0.05) is 28.9 Å². The SMILES string of the molecule is CC(CC(N)=S)N(C)C(=O)c1cc2sccc2s1. The van der Waals surface area contributed by atoms with Crippen LogP contribution in [0.5, 0.6) is 0 Å². The Morgan fingerprint density at radius 3 is 2.89 bits per heavy atom. The van der Waals surface area contributed by atoms with Crippen LogP contribution in [0.2, 0.25) is 0 Å². The van der Waals surface area contributed by atoms with Crippen molar-refractivity contribution in [2.75, 3.05) is 7.05 Å². The summed E-state index contributed by atoms with van der Waals surface area (Å²) in [4.78, 5) is 15.2. The maximum Gasteiger partial charge on any atom is 0.263 e. The number of thiocarbonyl (C=S) groups is 1. The van der Waals surface area contributed by atoms with Gasteiger partial charge in [-0.25, -0.2) is 0 Å². The highest BCUT2D eigenvalue weighted by molar-refractivity contribution is 7.80. The highest BCUT2D eigenvalue weighted by Crippen LogP contribution is 2.30. The van der Waals surface area contributed by atoms with Gasteiger partial charge in [-0.05, 0) is 24.4 Å². The number of hydrogen-bond donors (Lipinski definition) is 1. The summed E-state index contributed by atoms with van der Waals surface area (Å²) in [6.07, 6.45) is 0.553. The van der Waals surface area contributed by atoms with E-state index >= 15 is 0 Å². The lowest BCUT2D eigenvalue weighted by Crippen LogP contribution is -2.37. The molecule has 2 aromatic heterocycles. The predicted molar refractivity (Wildman–Crippen MR) is 82.7 cm³/mol. The fourth-order valence-corrected chi connectivity index (χ4v) is 4.01. The molecule has 6 heteroatoms. The molecule has 0 saturated heterocycles. The number of carbonyl (C=O) groups excluding carboxylic acids is 1. The normalized spacial score (nSPS) is 12.6. The minimum absolute atomic E-state index is 0.0233. The summed E-state index contributed by atoms with van der Waals surface area (Å²) in [6.45, 7) is 1.95. The maximum absolute atomic E-state index is 12.3. The van der Waals surface area contributed by atoms with Crippen LogP contribution < -0.4 is 5.73 Å². The molecule has 0 aromatic carbocycles. The van der Waals surface area contributed by atoms with E-state index in [1.165, 1.54) is 20.7 Å². The Morgan fingerprint density at radius 1 is 1.56 bits per heavy atom. The van der Waals surface area contributed by atoms with Gasteiger partial charge in [-0.3, -0.25) is 4.79 Å². The third-order valence-electron chi connectivity index (χ3n) is 2.83. The summed E-state index contributed by atoms with van der Waals surface area (Å²) in [6, 6.07) is 4.02. The van der Waals surface area contributed by atoms with Crippen LogP contribution >= 0.6 is 34.9 Å². The van der Waals surface area contributed by atoms with Gasteiger partial charge in [0.15, 0.2) is 0 Å². The van der Waals surface area contributed by atoms with E-state index in [-0.39, 0.29) is 11.9 Å². The summed E-state index contributed by atoms with van der Waals surface area (Å²) in [5.74, 6) is 0.0344. The van der Waals surface area contributed by atoms with Crippen molar-refractivity contribution in [3.05, 3.63) is 22.4 Å². The van der Waals surface area contributed by atoms with Crippen LogP contribution in [0.3, 0.4) is 0 Å². The van der Waals surface area contributed by atoms with E-state index in [0.717, 1.165) is 4.88 Å². The Hall–Kier alpha value is -0.980. The highest BCUT2D eigenvalue weighted by Gasteiger charge is 2.20. The van der Waals surface area contributed by atoms with Gasteiger partial charge < -0.3 is 10.6 Å². The summed E-state index contributed by atoms with van der Waals surface area (Å²) in [5, 5.41) is 2.04. The second-order valence-electron chi connectivity index (χ2n) is 4.20. The number of nitrogens with two attached hydrogens (primary N) is 1. The maximum atomic E-state index is 12.3. The number of nitrogens with zero attached hydrogens (tertiary/aromatic N) is 1. The molecule has 0 saturated carbocycles. The lowest BCUT2D eigenvalue weighted by atomic mass is 10.2. The number of fused-ring (bicyclic) bond motifs is 1. The minimum atomic E-state index is 0.0233. The molecule has 96 valence electrons. The molecule has 0 aliphatic heterocycles. The molecule has 1 amide bonds. The van der Waals surface area contributed by atoms with Crippen LogP contribution in [0.4, 0.5) is 0 Å². The fraction of sp³-hybridized carbons (Fsp3) is 0.333. The van der Waals surface area contributed by atoms with Crippen molar-refractivity contribution in [3.8, 4) is 0 Å². The molecule has 2 heterocycles. The minimum Gasteiger partial charge on any atom is -0.393 e. The van der Waals surface area contributed by atoms with Crippen molar-refractivity contribution in [1.82, 2.24) is 4.90 Å². The first-order chi connectivity index (χ1) is 8.49. The second-order valence-corrected chi connectivity index (χ2v) is 6.75. The van der Waals surface area contributed by atoms with Gasteiger partial charge >= 0.3 is 0 Å². The molecule has 2 N–H and O–H groups in total. The number of rotatable bonds is 4. The number of amides is 1. The van der Waals surface area contributed by atoms with Gasteiger partial charge in [0.2, 0.25) is 0 Å². The van der Waals surface area contributed by atoms with Crippen molar-refractivity contribution in [2.24, 2.45) is 5.73 Å². The van der Waals surface area contributed by atoms with Crippen molar-refractivity contribution in [1.29, 1.82) is 0 Å². The summed E-state index contributed by atoms with van der Waals surface area (Å²) < 4.78 is 2.33. The van der Waals surface area contributed by atoms with Crippen molar-refractivity contribution < 1.29 is 4.79 Å². The van der Waals surface area contributed by atoms with Crippen molar-refractivity contribution >= 4 is 55.2 Å². The largest absolute Gasteiger partial charge is 0.393 e. The van der Waals surface area contributed by atoms with Gasteiger partial charge in [0.05, 0.1) is 9.87 Å². The van der Waals surface area contributed by atoms with Gasteiger partial charge in [0.1, 0.15) is 0 Å². The molecule has 0 bridgehead atoms. The van der Waals surface area contributed by atoms with E-state index in [1.807, 2.05) is 24.4 Å². The topological polar surface area (TPSA) is 46.3 Å². The molecule has 0 aliphatic rings. The first-order valence-electron chi connectivity index (χ1n) is 5.51. The number of carbonyl (C=O) groups is 1. The van der Waals surface area contributed by atoms with Crippen LogP contribution in [0.25, 0.3) is 9.40 Å². The monoisotopic (exact) mass is 298 g/mol. The molecule has 0 radical (unpaired) electrons.